The minimum atomic E-state index is 0.909. The maximum Gasteiger partial charge on any atom is 0.103 e. The van der Waals surface area contributed by atoms with Crippen LogP contribution in [0.25, 0.3) is 32.7 Å². The molecule has 4 rings (SSSR count). The Morgan fingerprint density at radius 1 is 0.778 bits per heavy atom. The largest absolute Gasteiger partial charge is 0.248 e. The standard InChI is InChI=1S/C15H9N3/c1-2-6-12-11(5-1)14-13(17-12)8-7-10-4-3-9-16-18-15(10)14/h1-9H. The van der Waals surface area contributed by atoms with Crippen LogP contribution in [0.3, 0.4) is 0 Å². The molecule has 0 atom stereocenters. The van der Waals surface area contributed by atoms with Gasteiger partial charge in [-0.2, -0.15) is 5.10 Å². The van der Waals surface area contributed by atoms with Gasteiger partial charge in [-0.3, -0.25) is 0 Å². The van der Waals surface area contributed by atoms with E-state index in [1.807, 2.05) is 42.5 Å². The van der Waals surface area contributed by atoms with Crippen LogP contribution in [0, 0.1) is 0 Å². The lowest BCUT2D eigenvalue weighted by molar-refractivity contribution is 1.09. The molecule has 2 aromatic carbocycles. The molecule has 0 saturated heterocycles. The maximum absolute atomic E-state index is 4.62. The fraction of sp³-hybridized carbons (Fsp3) is 0. The Morgan fingerprint density at radius 2 is 1.72 bits per heavy atom. The molecule has 84 valence electrons. The predicted molar refractivity (Wildman–Crippen MR) is 72.3 cm³/mol. The molecule has 0 fully saturated rings. The highest BCUT2D eigenvalue weighted by Crippen LogP contribution is 2.30. The van der Waals surface area contributed by atoms with Crippen LogP contribution >= 0.6 is 0 Å². The Kier molecular flexibility index (Phi) is 1.83. The molecular weight excluding hydrogens is 222 g/mol. The second-order valence-corrected chi connectivity index (χ2v) is 4.25. The number of fused-ring (bicyclic) bond motifs is 5. The highest BCUT2D eigenvalue weighted by atomic mass is 15.1. The van der Waals surface area contributed by atoms with E-state index in [0.29, 0.717) is 0 Å². The van der Waals surface area contributed by atoms with Crippen LogP contribution in [0.5, 0.6) is 0 Å². The number of hydrogen-bond acceptors (Lipinski definition) is 3. The molecule has 0 spiro atoms. The van der Waals surface area contributed by atoms with Crippen LogP contribution in [0.1, 0.15) is 0 Å². The fourth-order valence-corrected chi connectivity index (χ4v) is 2.39. The van der Waals surface area contributed by atoms with E-state index >= 15 is 0 Å². The van der Waals surface area contributed by atoms with Crippen molar-refractivity contribution in [2.45, 2.75) is 0 Å². The molecular formula is C15H9N3. The van der Waals surface area contributed by atoms with Crippen molar-refractivity contribution < 1.29 is 0 Å². The van der Waals surface area contributed by atoms with Crippen molar-refractivity contribution in [3.8, 4) is 0 Å². The number of nitrogens with zero attached hydrogens (tertiary/aromatic N) is 3. The summed E-state index contributed by atoms with van der Waals surface area (Å²) >= 11 is 0. The third-order valence-corrected chi connectivity index (χ3v) is 3.19. The molecule has 3 nitrogen and oxygen atoms in total. The Morgan fingerprint density at radius 3 is 2.72 bits per heavy atom. The summed E-state index contributed by atoms with van der Waals surface area (Å²) in [4.78, 5) is 4.62. The van der Waals surface area contributed by atoms with E-state index in [2.05, 4.69) is 21.2 Å². The molecule has 4 aromatic rings. The smallest absolute Gasteiger partial charge is 0.103 e. The molecule has 18 heavy (non-hydrogen) atoms. The SMILES string of the molecule is c1cnnc2c(c1)ccc1nc3ccccc3c12. The summed E-state index contributed by atoms with van der Waals surface area (Å²) in [6.07, 6.45) is 1.70. The van der Waals surface area contributed by atoms with Gasteiger partial charge in [0.2, 0.25) is 0 Å². The monoisotopic (exact) mass is 231 g/mol. The van der Waals surface area contributed by atoms with Crippen LogP contribution in [0.15, 0.2) is 54.7 Å². The number of para-hydroxylation sites is 1. The van der Waals surface area contributed by atoms with Gasteiger partial charge in [-0.05, 0) is 18.2 Å². The summed E-state index contributed by atoms with van der Waals surface area (Å²) in [5.74, 6) is 0. The maximum atomic E-state index is 4.62. The predicted octanol–water partition coefficient (Wildman–Crippen LogP) is 3.33. The molecule has 2 aromatic heterocycles. The number of aromatic nitrogens is 3. The first-order chi connectivity index (χ1) is 8.93. The van der Waals surface area contributed by atoms with Gasteiger partial charge < -0.3 is 0 Å². The van der Waals surface area contributed by atoms with E-state index < -0.39 is 0 Å². The molecule has 0 aliphatic carbocycles. The van der Waals surface area contributed by atoms with Gasteiger partial charge in [0, 0.05) is 22.4 Å². The lowest BCUT2D eigenvalue weighted by Crippen LogP contribution is -1.77. The topological polar surface area (TPSA) is 38.7 Å². The van der Waals surface area contributed by atoms with Gasteiger partial charge in [-0.25, -0.2) is 4.98 Å². The first-order valence-corrected chi connectivity index (χ1v) is 5.82. The lowest BCUT2D eigenvalue weighted by Gasteiger charge is -1.94. The van der Waals surface area contributed by atoms with E-state index in [1.54, 1.807) is 6.20 Å². The summed E-state index contributed by atoms with van der Waals surface area (Å²) in [5.41, 5.74) is 2.89. The van der Waals surface area contributed by atoms with E-state index in [1.165, 1.54) is 0 Å². The van der Waals surface area contributed by atoms with Gasteiger partial charge in [-0.1, -0.05) is 30.3 Å². The second-order valence-electron chi connectivity index (χ2n) is 4.25. The molecule has 0 bridgehead atoms. The molecule has 0 unspecified atom stereocenters. The Bertz CT molecular complexity index is 884. The molecule has 0 aliphatic heterocycles. The summed E-state index contributed by atoms with van der Waals surface area (Å²) in [6.45, 7) is 0. The van der Waals surface area contributed by atoms with Crippen molar-refractivity contribution in [1.82, 2.24) is 15.2 Å². The third kappa shape index (κ3) is 1.21. The molecule has 3 heteroatoms. The van der Waals surface area contributed by atoms with Gasteiger partial charge in [0.1, 0.15) is 5.52 Å². The van der Waals surface area contributed by atoms with Crippen molar-refractivity contribution >= 4 is 32.7 Å². The Hall–Kier alpha value is -2.55. The first-order valence-electron chi connectivity index (χ1n) is 5.82. The average molecular weight is 231 g/mol. The van der Waals surface area contributed by atoms with E-state index in [0.717, 1.165) is 32.7 Å². The van der Waals surface area contributed by atoms with Gasteiger partial charge in [0.25, 0.3) is 0 Å². The van der Waals surface area contributed by atoms with Crippen molar-refractivity contribution in [2.75, 3.05) is 0 Å². The zero-order chi connectivity index (χ0) is 11.9. The summed E-state index contributed by atoms with van der Waals surface area (Å²) < 4.78 is 0. The third-order valence-electron chi connectivity index (χ3n) is 3.19. The molecule has 2 heterocycles. The summed E-state index contributed by atoms with van der Waals surface area (Å²) in [6, 6.07) is 16.1. The molecule has 0 amide bonds. The minimum absolute atomic E-state index is 0.909. The highest BCUT2D eigenvalue weighted by molar-refractivity contribution is 6.18. The van der Waals surface area contributed by atoms with E-state index in [4.69, 9.17) is 0 Å². The molecule has 0 radical (unpaired) electrons. The van der Waals surface area contributed by atoms with E-state index in [-0.39, 0.29) is 0 Å². The van der Waals surface area contributed by atoms with Crippen molar-refractivity contribution in [1.29, 1.82) is 0 Å². The van der Waals surface area contributed by atoms with Crippen LogP contribution < -0.4 is 0 Å². The van der Waals surface area contributed by atoms with Crippen molar-refractivity contribution in [2.24, 2.45) is 0 Å². The first kappa shape index (κ1) is 9.48. The van der Waals surface area contributed by atoms with Crippen molar-refractivity contribution in [3.63, 3.8) is 0 Å². The van der Waals surface area contributed by atoms with Crippen LogP contribution in [-0.4, -0.2) is 15.2 Å². The normalized spacial score (nSPS) is 11.3. The summed E-state index contributed by atoms with van der Waals surface area (Å²) in [5, 5.41) is 11.6. The highest BCUT2D eigenvalue weighted by Gasteiger charge is 2.08. The van der Waals surface area contributed by atoms with Crippen LogP contribution in [0.2, 0.25) is 0 Å². The zero-order valence-electron chi connectivity index (χ0n) is 9.54. The number of hydrogen-bond donors (Lipinski definition) is 0. The van der Waals surface area contributed by atoms with Crippen LogP contribution in [-0.2, 0) is 0 Å². The molecule has 0 saturated carbocycles. The second kappa shape index (κ2) is 3.47. The van der Waals surface area contributed by atoms with Gasteiger partial charge >= 0.3 is 0 Å². The zero-order valence-corrected chi connectivity index (χ0v) is 9.54. The molecule has 0 N–H and O–H groups in total. The lowest BCUT2D eigenvalue weighted by atomic mass is 10.1. The van der Waals surface area contributed by atoms with Gasteiger partial charge in [0.15, 0.2) is 0 Å². The van der Waals surface area contributed by atoms with E-state index in [9.17, 15) is 0 Å². The quantitative estimate of drug-likeness (QED) is 0.466. The van der Waals surface area contributed by atoms with Gasteiger partial charge in [0.05, 0.1) is 11.0 Å². The fourth-order valence-electron chi connectivity index (χ4n) is 2.39. The Labute approximate surface area is 103 Å². The summed E-state index contributed by atoms with van der Waals surface area (Å²) in [7, 11) is 0. The molecule has 0 aliphatic rings. The number of benzene rings is 2. The number of rotatable bonds is 0. The van der Waals surface area contributed by atoms with Crippen molar-refractivity contribution in [3.05, 3.63) is 54.7 Å². The Balaban J connectivity index is 2.37. The van der Waals surface area contributed by atoms with Gasteiger partial charge in [-0.15, -0.1) is 5.10 Å². The van der Waals surface area contributed by atoms with Crippen LogP contribution in [0.4, 0.5) is 0 Å². The minimum Gasteiger partial charge on any atom is -0.248 e. The average Bonchev–Trinajstić information content (AvgIpc) is 2.61.